The maximum absolute atomic E-state index is 12.5. The van der Waals surface area contributed by atoms with Crippen molar-refractivity contribution in [1.82, 2.24) is 19.4 Å². The number of hydrogen-bond acceptors (Lipinski definition) is 3. The van der Waals surface area contributed by atoms with Gasteiger partial charge in [-0.05, 0) is 18.6 Å². The van der Waals surface area contributed by atoms with E-state index in [2.05, 4.69) is 9.97 Å². The van der Waals surface area contributed by atoms with Gasteiger partial charge in [-0.3, -0.25) is 9.78 Å². The molecule has 0 bridgehead atoms. The molecule has 5 heteroatoms. The first-order valence-corrected chi connectivity index (χ1v) is 8.50. The van der Waals surface area contributed by atoms with Crippen LogP contribution in [-0.2, 0) is 11.8 Å². The number of rotatable bonds is 3. The summed E-state index contributed by atoms with van der Waals surface area (Å²) >= 11 is 0. The highest BCUT2D eigenvalue weighted by Crippen LogP contribution is 2.26. The first kappa shape index (κ1) is 15.6. The van der Waals surface area contributed by atoms with Gasteiger partial charge in [0, 0.05) is 61.7 Å². The molecule has 1 aliphatic rings. The number of hydrogen-bond donors (Lipinski definition) is 0. The normalized spacial score (nSPS) is 17.6. The summed E-state index contributed by atoms with van der Waals surface area (Å²) in [5.74, 6) is 1.42. The number of imidazole rings is 1. The van der Waals surface area contributed by atoms with Gasteiger partial charge < -0.3 is 9.47 Å². The predicted octanol–water partition coefficient (Wildman–Crippen LogP) is 3.00. The van der Waals surface area contributed by atoms with E-state index in [9.17, 15) is 4.79 Å². The number of fused-ring (bicyclic) bond motifs is 1. The summed E-state index contributed by atoms with van der Waals surface area (Å²) in [5.41, 5.74) is 1.88. The van der Waals surface area contributed by atoms with Crippen LogP contribution in [0.3, 0.4) is 0 Å². The minimum Gasteiger partial charge on any atom is -0.338 e. The van der Waals surface area contributed by atoms with Crippen molar-refractivity contribution in [3.63, 3.8) is 0 Å². The lowest BCUT2D eigenvalue weighted by Crippen LogP contribution is -2.26. The number of para-hydroxylation sites is 1. The fourth-order valence-electron chi connectivity index (χ4n) is 3.47. The summed E-state index contributed by atoms with van der Waals surface area (Å²) in [6.07, 6.45) is 10.0. The van der Waals surface area contributed by atoms with Crippen molar-refractivity contribution in [1.29, 1.82) is 0 Å². The standard InChI is InChI=1S/C20H20N4O/c1-23-13-11-22-20(23)17-9-12-24(14-17)18(25)8-7-16-5-2-4-15-6-3-10-21-19(15)16/h2-8,10-11,13,17H,9,12,14H2,1H3/b8-7+. The van der Waals surface area contributed by atoms with Gasteiger partial charge in [-0.15, -0.1) is 0 Å². The van der Waals surface area contributed by atoms with Crippen molar-refractivity contribution in [2.45, 2.75) is 12.3 Å². The Labute approximate surface area is 146 Å². The second kappa shape index (κ2) is 6.51. The van der Waals surface area contributed by atoms with Crippen molar-refractivity contribution in [3.8, 4) is 0 Å². The van der Waals surface area contributed by atoms with Crippen LogP contribution in [-0.4, -0.2) is 38.4 Å². The number of benzene rings is 1. The largest absolute Gasteiger partial charge is 0.338 e. The Balaban J connectivity index is 1.49. The van der Waals surface area contributed by atoms with Crippen LogP contribution >= 0.6 is 0 Å². The third-order valence-corrected chi connectivity index (χ3v) is 4.79. The van der Waals surface area contributed by atoms with Crippen LogP contribution in [0.2, 0.25) is 0 Å². The van der Waals surface area contributed by atoms with E-state index in [-0.39, 0.29) is 5.91 Å². The second-order valence-corrected chi connectivity index (χ2v) is 6.42. The highest BCUT2D eigenvalue weighted by atomic mass is 16.2. The Morgan fingerprint density at radius 1 is 1.20 bits per heavy atom. The van der Waals surface area contributed by atoms with E-state index in [0.717, 1.165) is 41.8 Å². The molecule has 1 aliphatic heterocycles. The Bertz CT molecular complexity index is 938. The maximum Gasteiger partial charge on any atom is 0.246 e. The number of pyridine rings is 1. The molecule has 0 radical (unpaired) electrons. The van der Waals surface area contributed by atoms with Crippen LogP contribution in [0.25, 0.3) is 17.0 Å². The van der Waals surface area contributed by atoms with Gasteiger partial charge in [0.05, 0.1) is 5.52 Å². The molecular formula is C20H20N4O. The van der Waals surface area contributed by atoms with Crippen molar-refractivity contribution in [2.75, 3.05) is 13.1 Å². The molecule has 1 unspecified atom stereocenters. The third-order valence-electron chi connectivity index (χ3n) is 4.79. The molecule has 2 aromatic heterocycles. The second-order valence-electron chi connectivity index (χ2n) is 6.42. The molecule has 126 valence electrons. The molecule has 1 atom stereocenters. The molecule has 1 amide bonds. The molecule has 3 heterocycles. The number of aromatic nitrogens is 3. The molecule has 0 spiro atoms. The number of carbonyl (C=O) groups is 1. The molecule has 3 aromatic rings. The van der Waals surface area contributed by atoms with E-state index in [4.69, 9.17) is 0 Å². The topological polar surface area (TPSA) is 51.0 Å². The van der Waals surface area contributed by atoms with Gasteiger partial charge in [-0.25, -0.2) is 4.98 Å². The van der Waals surface area contributed by atoms with Crippen molar-refractivity contribution in [3.05, 3.63) is 66.4 Å². The number of aryl methyl sites for hydroxylation is 1. The Morgan fingerprint density at radius 3 is 2.92 bits per heavy atom. The fourth-order valence-corrected chi connectivity index (χ4v) is 3.47. The minimum atomic E-state index is 0.0460. The Kier molecular flexibility index (Phi) is 4.06. The van der Waals surface area contributed by atoms with Crippen molar-refractivity contribution < 1.29 is 4.79 Å². The number of likely N-dealkylation sites (tertiary alicyclic amines) is 1. The summed E-state index contributed by atoms with van der Waals surface area (Å²) in [5, 5.41) is 1.08. The van der Waals surface area contributed by atoms with Crippen molar-refractivity contribution >= 4 is 22.9 Å². The number of nitrogens with zero attached hydrogens (tertiary/aromatic N) is 4. The van der Waals surface area contributed by atoms with Crippen LogP contribution in [0, 0.1) is 0 Å². The molecule has 1 aromatic carbocycles. The molecular weight excluding hydrogens is 312 g/mol. The number of carbonyl (C=O) groups excluding carboxylic acids is 1. The third kappa shape index (κ3) is 3.05. The Morgan fingerprint density at radius 2 is 2.08 bits per heavy atom. The maximum atomic E-state index is 12.5. The van der Waals surface area contributed by atoms with Crippen LogP contribution in [0.1, 0.15) is 23.7 Å². The zero-order valence-corrected chi connectivity index (χ0v) is 14.2. The fraction of sp³-hybridized carbons (Fsp3) is 0.250. The van der Waals surface area contributed by atoms with E-state index in [0.29, 0.717) is 5.92 Å². The summed E-state index contributed by atoms with van der Waals surface area (Å²) in [6.45, 7) is 1.50. The first-order chi connectivity index (χ1) is 12.2. The van der Waals surface area contributed by atoms with E-state index in [1.165, 1.54) is 0 Å². The highest BCUT2D eigenvalue weighted by Gasteiger charge is 2.28. The lowest BCUT2D eigenvalue weighted by atomic mass is 10.1. The highest BCUT2D eigenvalue weighted by molar-refractivity contribution is 5.95. The summed E-state index contributed by atoms with van der Waals surface area (Å²) < 4.78 is 2.04. The molecule has 5 nitrogen and oxygen atoms in total. The lowest BCUT2D eigenvalue weighted by molar-refractivity contribution is -0.124. The van der Waals surface area contributed by atoms with E-state index in [1.807, 2.05) is 65.3 Å². The Hall–Kier alpha value is -2.95. The SMILES string of the molecule is Cn1ccnc1C1CCN(C(=O)/C=C/c2cccc3cccnc23)C1. The molecule has 1 fully saturated rings. The molecule has 25 heavy (non-hydrogen) atoms. The van der Waals surface area contributed by atoms with E-state index in [1.54, 1.807) is 12.3 Å². The smallest absolute Gasteiger partial charge is 0.246 e. The summed E-state index contributed by atoms with van der Waals surface area (Å²) in [4.78, 5) is 23.3. The number of amides is 1. The zero-order chi connectivity index (χ0) is 17.2. The average molecular weight is 332 g/mol. The molecule has 0 saturated carbocycles. The van der Waals surface area contributed by atoms with Crippen molar-refractivity contribution in [2.24, 2.45) is 7.05 Å². The molecule has 0 N–H and O–H groups in total. The average Bonchev–Trinajstić information content (AvgIpc) is 3.28. The van der Waals surface area contributed by atoms with Crippen LogP contribution in [0.15, 0.2) is 55.0 Å². The molecule has 4 rings (SSSR count). The van der Waals surface area contributed by atoms with E-state index < -0.39 is 0 Å². The predicted molar refractivity (Wildman–Crippen MR) is 97.9 cm³/mol. The minimum absolute atomic E-state index is 0.0460. The zero-order valence-electron chi connectivity index (χ0n) is 14.2. The molecule has 1 saturated heterocycles. The van der Waals surface area contributed by atoms with Crippen LogP contribution < -0.4 is 0 Å². The van der Waals surface area contributed by atoms with Gasteiger partial charge in [-0.2, -0.15) is 0 Å². The lowest BCUT2D eigenvalue weighted by Gasteiger charge is -2.14. The summed E-state index contributed by atoms with van der Waals surface area (Å²) in [6, 6.07) is 9.95. The van der Waals surface area contributed by atoms with Gasteiger partial charge in [0.15, 0.2) is 0 Å². The summed E-state index contributed by atoms with van der Waals surface area (Å²) in [7, 11) is 2.00. The van der Waals surface area contributed by atoms with Gasteiger partial charge in [-0.1, -0.05) is 24.3 Å². The van der Waals surface area contributed by atoms with Crippen LogP contribution in [0.4, 0.5) is 0 Å². The van der Waals surface area contributed by atoms with Gasteiger partial charge in [0.2, 0.25) is 5.91 Å². The monoisotopic (exact) mass is 332 g/mol. The van der Waals surface area contributed by atoms with Gasteiger partial charge in [0.1, 0.15) is 5.82 Å². The van der Waals surface area contributed by atoms with E-state index >= 15 is 0 Å². The first-order valence-electron chi connectivity index (χ1n) is 8.50. The van der Waals surface area contributed by atoms with Gasteiger partial charge >= 0.3 is 0 Å². The van der Waals surface area contributed by atoms with Gasteiger partial charge in [0.25, 0.3) is 0 Å². The quantitative estimate of drug-likeness (QED) is 0.693. The van der Waals surface area contributed by atoms with Crippen LogP contribution in [0.5, 0.6) is 0 Å². The molecule has 0 aliphatic carbocycles.